The van der Waals surface area contributed by atoms with Crippen molar-refractivity contribution in [1.29, 1.82) is 5.26 Å². The predicted octanol–water partition coefficient (Wildman–Crippen LogP) is 3.48. The van der Waals surface area contributed by atoms with E-state index in [4.69, 9.17) is 0 Å². The summed E-state index contributed by atoms with van der Waals surface area (Å²) in [6, 6.07) is 15.8. The molecule has 2 aromatic rings. The molecule has 1 saturated heterocycles. The van der Waals surface area contributed by atoms with E-state index in [1.807, 2.05) is 42.5 Å². The summed E-state index contributed by atoms with van der Waals surface area (Å²) in [5.41, 5.74) is 0.932. The molecule has 0 bridgehead atoms. The quantitative estimate of drug-likeness (QED) is 0.937. The van der Waals surface area contributed by atoms with Crippen LogP contribution >= 0.6 is 0 Å². The first-order valence-corrected chi connectivity index (χ1v) is 8.24. The van der Waals surface area contributed by atoms with Crippen molar-refractivity contribution < 1.29 is 4.79 Å². The number of pyridine rings is 1. The van der Waals surface area contributed by atoms with Gasteiger partial charge < -0.3 is 10.2 Å². The largest absolute Gasteiger partial charge is 0.340 e. The van der Waals surface area contributed by atoms with Crippen LogP contribution in [0.15, 0.2) is 48.7 Å². The third-order valence-electron chi connectivity index (χ3n) is 4.93. The highest BCUT2D eigenvalue weighted by Crippen LogP contribution is 2.51. The third-order valence-corrected chi connectivity index (χ3v) is 4.93. The number of rotatable bonds is 4. The highest BCUT2D eigenvalue weighted by Gasteiger charge is 2.56. The van der Waals surface area contributed by atoms with Gasteiger partial charge in [0.1, 0.15) is 11.2 Å². The van der Waals surface area contributed by atoms with Gasteiger partial charge in [0.15, 0.2) is 0 Å². The average molecular weight is 318 g/mol. The summed E-state index contributed by atoms with van der Waals surface area (Å²) in [5, 5.41) is 12.8. The predicted molar refractivity (Wildman–Crippen MR) is 91.7 cm³/mol. The third kappa shape index (κ3) is 2.41. The lowest BCUT2D eigenvalue weighted by Crippen LogP contribution is -2.35. The number of carbonyl (C=O) groups excluding carboxylic acids is 1. The molecule has 2 fully saturated rings. The Hall–Kier alpha value is -2.87. The summed E-state index contributed by atoms with van der Waals surface area (Å²) in [6.07, 6.45) is 4.29. The summed E-state index contributed by atoms with van der Waals surface area (Å²) in [5.74, 6) is 0.875. The maximum atomic E-state index is 12.9. The van der Waals surface area contributed by atoms with E-state index in [1.54, 1.807) is 11.1 Å². The number of carbonyl (C=O) groups is 1. The van der Waals surface area contributed by atoms with Gasteiger partial charge in [-0.1, -0.05) is 18.2 Å². The van der Waals surface area contributed by atoms with E-state index in [2.05, 4.69) is 16.4 Å². The molecular formula is C19H18N4O. The smallest absolute Gasteiger partial charge is 0.247 e. The zero-order chi connectivity index (χ0) is 16.6. The standard InChI is InChI=1S/C19H18N4O/c20-13-19(14-6-7-14)9-11-23(18(19)24)16-8-10-21-17(12-16)22-15-4-2-1-3-5-15/h1-5,8,10,12,14H,6-7,9,11H2,(H,21,22)/t19-/m1/s1. The molecule has 1 aliphatic heterocycles. The summed E-state index contributed by atoms with van der Waals surface area (Å²) < 4.78 is 0. The maximum Gasteiger partial charge on any atom is 0.247 e. The van der Waals surface area contributed by atoms with Crippen LogP contribution in [0.5, 0.6) is 0 Å². The Morgan fingerprint density at radius 1 is 1.25 bits per heavy atom. The van der Waals surface area contributed by atoms with Crippen LogP contribution in [-0.4, -0.2) is 17.4 Å². The number of nitrogens with zero attached hydrogens (tertiary/aromatic N) is 3. The number of amides is 1. The molecule has 0 unspecified atom stereocenters. The van der Waals surface area contributed by atoms with Gasteiger partial charge in [0, 0.05) is 30.2 Å². The fraction of sp³-hybridized carbons (Fsp3) is 0.316. The number of aromatic nitrogens is 1. The van der Waals surface area contributed by atoms with Crippen LogP contribution in [0.2, 0.25) is 0 Å². The van der Waals surface area contributed by atoms with E-state index in [0.717, 1.165) is 24.2 Å². The Morgan fingerprint density at radius 2 is 2.04 bits per heavy atom. The van der Waals surface area contributed by atoms with Crippen molar-refractivity contribution >= 4 is 23.1 Å². The van der Waals surface area contributed by atoms with Gasteiger partial charge in [-0.25, -0.2) is 4.98 Å². The molecule has 1 atom stereocenters. The molecule has 1 aromatic carbocycles. The molecule has 2 heterocycles. The van der Waals surface area contributed by atoms with Gasteiger partial charge in [0.05, 0.1) is 6.07 Å². The molecular weight excluding hydrogens is 300 g/mol. The summed E-state index contributed by atoms with van der Waals surface area (Å²) in [6.45, 7) is 0.595. The number of nitrogens with one attached hydrogen (secondary N) is 1. The summed E-state index contributed by atoms with van der Waals surface area (Å²) >= 11 is 0. The number of hydrogen-bond donors (Lipinski definition) is 1. The molecule has 2 aliphatic rings. The molecule has 0 spiro atoms. The van der Waals surface area contributed by atoms with Gasteiger partial charge in [0.2, 0.25) is 5.91 Å². The van der Waals surface area contributed by atoms with Gasteiger partial charge in [0.25, 0.3) is 0 Å². The van der Waals surface area contributed by atoms with Crippen molar-refractivity contribution in [3.8, 4) is 6.07 Å². The fourth-order valence-electron chi connectivity index (χ4n) is 3.46. The maximum absolute atomic E-state index is 12.9. The molecule has 1 N–H and O–H groups in total. The van der Waals surface area contributed by atoms with E-state index >= 15 is 0 Å². The second kappa shape index (κ2) is 5.64. The first kappa shape index (κ1) is 14.7. The number of anilines is 3. The topological polar surface area (TPSA) is 69.0 Å². The lowest BCUT2D eigenvalue weighted by Gasteiger charge is -2.21. The summed E-state index contributed by atoms with van der Waals surface area (Å²) in [4.78, 5) is 18.9. The highest BCUT2D eigenvalue weighted by molar-refractivity contribution is 6.02. The minimum atomic E-state index is -0.809. The first-order chi connectivity index (χ1) is 11.7. The molecule has 1 saturated carbocycles. The highest BCUT2D eigenvalue weighted by atomic mass is 16.2. The first-order valence-electron chi connectivity index (χ1n) is 8.24. The van der Waals surface area contributed by atoms with E-state index in [9.17, 15) is 10.1 Å². The molecule has 1 amide bonds. The van der Waals surface area contributed by atoms with Crippen LogP contribution in [0.3, 0.4) is 0 Å². The molecule has 120 valence electrons. The molecule has 4 rings (SSSR count). The minimum absolute atomic E-state index is 0.0515. The van der Waals surface area contributed by atoms with Gasteiger partial charge in [-0.3, -0.25) is 4.79 Å². The van der Waals surface area contributed by atoms with Crippen molar-refractivity contribution in [3.63, 3.8) is 0 Å². The second-order valence-electron chi connectivity index (χ2n) is 6.45. The number of benzene rings is 1. The van der Waals surface area contributed by atoms with Crippen molar-refractivity contribution in [2.45, 2.75) is 19.3 Å². The minimum Gasteiger partial charge on any atom is -0.340 e. The van der Waals surface area contributed by atoms with Crippen molar-refractivity contribution in [2.24, 2.45) is 11.3 Å². The van der Waals surface area contributed by atoms with Crippen LogP contribution in [0, 0.1) is 22.7 Å². The van der Waals surface area contributed by atoms with Crippen molar-refractivity contribution in [3.05, 3.63) is 48.7 Å². The Balaban J connectivity index is 1.58. The Morgan fingerprint density at radius 3 is 2.75 bits per heavy atom. The normalized spacial score (nSPS) is 23.1. The van der Waals surface area contributed by atoms with Crippen LogP contribution in [0.25, 0.3) is 0 Å². The number of hydrogen-bond acceptors (Lipinski definition) is 4. The van der Waals surface area contributed by atoms with Gasteiger partial charge >= 0.3 is 0 Å². The van der Waals surface area contributed by atoms with Crippen LogP contribution in [0.4, 0.5) is 17.2 Å². The zero-order valence-electron chi connectivity index (χ0n) is 13.3. The van der Waals surface area contributed by atoms with Crippen LogP contribution < -0.4 is 10.2 Å². The molecule has 1 aliphatic carbocycles. The lowest BCUT2D eigenvalue weighted by molar-refractivity contribution is -0.123. The molecule has 0 radical (unpaired) electrons. The Kier molecular flexibility index (Phi) is 3.46. The Labute approximate surface area is 140 Å². The van der Waals surface area contributed by atoms with E-state index in [-0.39, 0.29) is 11.8 Å². The Bertz CT molecular complexity index is 810. The van der Waals surface area contributed by atoms with Gasteiger partial charge in [-0.15, -0.1) is 0 Å². The second-order valence-corrected chi connectivity index (χ2v) is 6.45. The SMILES string of the molecule is N#C[C@@]1(C2CC2)CCN(c2ccnc(Nc3ccccc3)c2)C1=O. The molecule has 5 heteroatoms. The van der Waals surface area contributed by atoms with Gasteiger partial charge in [-0.05, 0) is 43.4 Å². The van der Waals surface area contributed by atoms with Crippen LogP contribution in [0.1, 0.15) is 19.3 Å². The average Bonchev–Trinajstić information content (AvgIpc) is 3.41. The molecule has 5 nitrogen and oxygen atoms in total. The van der Waals surface area contributed by atoms with E-state index in [1.165, 1.54) is 0 Å². The zero-order valence-corrected chi connectivity index (χ0v) is 13.3. The van der Waals surface area contributed by atoms with Gasteiger partial charge in [-0.2, -0.15) is 5.26 Å². The lowest BCUT2D eigenvalue weighted by atomic mass is 9.83. The van der Waals surface area contributed by atoms with Crippen molar-refractivity contribution in [1.82, 2.24) is 4.98 Å². The van der Waals surface area contributed by atoms with E-state index < -0.39 is 5.41 Å². The summed E-state index contributed by atoms with van der Waals surface area (Å²) in [7, 11) is 0. The fourth-order valence-corrected chi connectivity index (χ4v) is 3.46. The molecule has 24 heavy (non-hydrogen) atoms. The number of para-hydroxylation sites is 1. The van der Waals surface area contributed by atoms with Crippen molar-refractivity contribution in [2.75, 3.05) is 16.8 Å². The monoisotopic (exact) mass is 318 g/mol. The molecule has 1 aromatic heterocycles. The number of nitriles is 1. The van der Waals surface area contributed by atoms with Crippen LogP contribution in [-0.2, 0) is 4.79 Å². The van der Waals surface area contributed by atoms with E-state index in [0.29, 0.717) is 18.8 Å².